The molecule has 0 saturated carbocycles. The predicted molar refractivity (Wildman–Crippen MR) is 235 cm³/mol. The van der Waals surface area contributed by atoms with Crippen LogP contribution in [-0.2, 0) is 50.6 Å². The Bertz CT molecular complexity index is 2280. The Morgan fingerprint density at radius 3 is 1.78 bits per heavy atom. The van der Waals surface area contributed by atoms with Crippen LogP contribution < -0.4 is 109 Å². The van der Waals surface area contributed by atoms with Gasteiger partial charge in [0.15, 0.2) is 5.71 Å². The van der Waals surface area contributed by atoms with Crippen LogP contribution in [0, 0.1) is 0 Å². The fourth-order valence-corrected chi connectivity index (χ4v) is 10.2. The van der Waals surface area contributed by atoms with Crippen LogP contribution in [0.25, 0.3) is 0 Å². The average molecular weight is 997 g/mol. The standard InChI is InChI=1S/C41H62N4O12S4.3Na/c1-40(2)34-30-32(42(5)22-7-11-26-58-57-56-46)18-20-36(34)44(24-9-13-28-60(50,51)52)38(40)16-15-17-39-41(3,4)35-31-33(43(6)23-8-12-27-59(47,48)49)19-21-37(35)45(39)25-10-14-29-61(53,54)55;;;/h15-21,30-31H,7-14,22-29H2,1-6H3,(H3-,46,47,48,49,50,51,52,53,54,55);;;/q;3*+1/p-3. The van der Waals surface area contributed by atoms with E-state index < -0.39 is 58.4 Å². The summed E-state index contributed by atoms with van der Waals surface area (Å²) in [6.07, 6.45) is 9.93. The molecule has 0 unspecified atom stereocenters. The molecule has 2 aromatic carbocycles. The number of benzene rings is 2. The van der Waals surface area contributed by atoms with E-state index in [-0.39, 0.29) is 108 Å². The average Bonchev–Trinajstić information content (AvgIpc) is 3.51. The van der Waals surface area contributed by atoms with Crippen LogP contribution in [-0.4, -0.2) is 112 Å². The molecule has 0 saturated heterocycles. The van der Waals surface area contributed by atoms with Gasteiger partial charge in [-0.1, -0.05) is 19.9 Å². The topological polar surface area (TPSA) is 226 Å². The number of hydrogen-bond acceptors (Lipinski definition) is 16. The molecule has 0 aliphatic carbocycles. The molecule has 64 heavy (non-hydrogen) atoms. The molecule has 0 spiro atoms. The molecule has 2 aliphatic rings. The minimum absolute atomic E-state index is 0. The Labute approximate surface area is 451 Å². The number of rotatable bonds is 26. The smallest absolute Gasteiger partial charge is 0.748 e. The van der Waals surface area contributed by atoms with Gasteiger partial charge in [-0.15, -0.1) is 0 Å². The molecule has 2 heterocycles. The summed E-state index contributed by atoms with van der Waals surface area (Å²) in [6.45, 7) is 10.8. The zero-order chi connectivity index (χ0) is 45.2. The number of fused-ring (bicyclic) bond motifs is 2. The fraction of sp³-hybridized carbons (Fsp3) is 0.585. The van der Waals surface area contributed by atoms with Crippen LogP contribution in [0.1, 0.15) is 90.2 Å². The normalized spacial score (nSPS) is 16.0. The Morgan fingerprint density at radius 2 is 1.22 bits per heavy atom. The van der Waals surface area contributed by atoms with Crippen LogP contribution >= 0.6 is 12.0 Å². The van der Waals surface area contributed by atoms with E-state index in [4.69, 9.17) is 0 Å². The second-order valence-corrected chi connectivity index (χ2v) is 22.0. The number of hydrogen-bond donors (Lipinski definition) is 0. The van der Waals surface area contributed by atoms with E-state index in [2.05, 4.69) is 87.9 Å². The Kier molecular flexibility index (Phi) is 26.5. The molecule has 0 atom stereocenters. The van der Waals surface area contributed by atoms with Gasteiger partial charge < -0.3 is 33.6 Å². The van der Waals surface area contributed by atoms with Crippen molar-refractivity contribution >= 4 is 70.9 Å². The summed E-state index contributed by atoms with van der Waals surface area (Å²) < 4.78 is 108. The number of allylic oxidation sites excluding steroid dienone is 4. The molecule has 0 radical (unpaired) electrons. The summed E-state index contributed by atoms with van der Waals surface area (Å²) in [5.74, 6) is -0.692. The summed E-state index contributed by atoms with van der Waals surface area (Å²) >= 11 is 0.968. The maximum absolute atomic E-state index is 11.4. The van der Waals surface area contributed by atoms with Gasteiger partial charge in [0.05, 0.1) is 35.8 Å². The van der Waals surface area contributed by atoms with Crippen LogP contribution in [0.3, 0.4) is 0 Å². The third kappa shape index (κ3) is 18.4. The van der Waals surface area contributed by atoms with Crippen molar-refractivity contribution in [3.05, 3.63) is 71.5 Å². The molecule has 2 aliphatic heterocycles. The van der Waals surface area contributed by atoms with Crippen molar-refractivity contribution < 1.29 is 147 Å². The third-order valence-electron chi connectivity index (χ3n) is 11.4. The summed E-state index contributed by atoms with van der Waals surface area (Å²) in [6, 6.07) is 12.4. The molecule has 0 fully saturated rings. The van der Waals surface area contributed by atoms with Gasteiger partial charge >= 0.3 is 88.7 Å². The van der Waals surface area contributed by atoms with Crippen LogP contribution in [0.4, 0.5) is 22.7 Å². The van der Waals surface area contributed by atoms with E-state index in [0.29, 0.717) is 44.6 Å². The maximum atomic E-state index is 11.4. The molecule has 0 aromatic heterocycles. The van der Waals surface area contributed by atoms with Gasteiger partial charge in [-0.25, -0.2) is 25.3 Å². The molecular weight excluding hydrogens is 938 g/mol. The minimum atomic E-state index is -4.37. The van der Waals surface area contributed by atoms with Gasteiger partial charge in [-0.3, -0.25) is 5.04 Å². The third-order valence-corrected chi connectivity index (χ3v) is 14.4. The first-order valence-electron chi connectivity index (χ1n) is 20.4. The minimum Gasteiger partial charge on any atom is -0.748 e. The number of unbranched alkanes of at least 4 members (excludes halogenated alkanes) is 4. The van der Waals surface area contributed by atoms with Crippen molar-refractivity contribution in [2.24, 2.45) is 0 Å². The Balaban J connectivity index is 0.00000683. The van der Waals surface area contributed by atoms with Gasteiger partial charge in [-0.05, 0) is 101 Å². The van der Waals surface area contributed by atoms with Gasteiger partial charge in [0.1, 0.15) is 6.54 Å². The molecule has 342 valence electrons. The monoisotopic (exact) mass is 996 g/mol. The molecule has 0 N–H and O–H groups in total. The summed E-state index contributed by atoms with van der Waals surface area (Å²) in [4.78, 5) is 6.34. The van der Waals surface area contributed by atoms with Crippen LogP contribution in [0.5, 0.6) is 0 Å². The summed E-state index contributed by atoms with van der Waals surface area (Å²) in [5.41, 5.74) is 6.93. The molecule has 16 nitrogen and oxygen atoms in total. The maximum Gasteiger partial charge on any atom is 1.00 e. The van der Waals surface area contributed by atoms with Crippen molar-refractivity contribution in [2.45, 2.75) is 89.9 Å². The SMILES string of the molecule is CN(CCCCSOO[O-])c1ccc2c(c1)C(C)(C)C(C=C/C=C1/N(CCCCS(=O)(=O)[O-])c3ccc(N(C)CCCCS(=O)(=O)[O-])cc3C1(C)C)=[N+]2CCCCS(=O)(=O)[O-].[Na+].[Na+].[Na+]. The van der Waals surface area contributed by atoms with Gasteiger partial charge in [0, 0.05) is 121 Å². The zero-order valence-corrected chi connectivity index (χ0v) is 48.1. The van der Waals surface area contributed by atoms with E-state index in [0.717, 1.165) is 76.7 Å². The largest absolute Gasteiger partial charge is 1.00 e. The van der Waals surface area contributed by atoms with Gasteiger partial charge in [0.2, 0.25) is 5.69 Å². The van der Waals surface area contributed by atoms with Crippen molar-refractivity contribution in [1.82, 2.24) is 0 Å². The summed E-state index contributed by atoms with van der Waals surface area (Å²) in [5, 5.41) is 13.5. The first-order valence-corrected chi connectivity index (χ1v) is 26.0. The second kappa shape index (κ2) is 27.4. The number of nitrogens with zero attached hydrogens (tertiary/aromatic N) is 4. The Hall–Kier alpha value is -0.0500. The van der Waals surface area contributed by atoms with Gasteiger partial charge in [-0.2, -0.15) is 8.91 Å². The molecular formula is C41H59N4Na3O12S4. The van der Waals surface area contributed by atoms with Gasteiger partial charge in [0.25, 0.3) is 0 Å². The zero-order valence-electron chi connectivity index (χ0n) is 38.8. The predicted octanol–water partition coefficient (Wildman–Crippen LogP) is -4.19. The van der Waals surface area contributed by atoms with Crippen LogP contribution in [0.15, 0.2) is 60.3 Å². The molecule has 0 bridgehead atoms. The van der Waals surface area contributed by atoms with E-state index in [1.165, 1.54) is 0 Å². The Morgan fingerprint density at radius 1 is 0.703 bits per heavy atom. The first kappa shape index (κ1) is 62.0. The summed E-state index contributed by atoms with van der Waals surface area (Å²) in [7, 11) is -9.08. The van der Waals surface area contributed by atoms with Crippen LogP contribution in [0.2, 0.25) is 0 Å². The van der Waals surface area contributed by atoms with Crippen molar-refractivity contribution in [2.75, 3.05) is 78.0 Å². The van der Waals surface area contributed by atoms with Crippen molar-refractivity contribution in [3.8, 4) is 0 Å². The van der Waals surface area contributed by atoms with Crippen molar-refractivity contribution in [1.29, 1.82) is 0 Å². The van der Waals surface area contributed by atoms with Crippen molar-refractivity contribution in [3.63, 3.8) is 0 Å². The van der Waals surface area contributed by atoms with E-state index >= 15 is 0 Å². The van der Waals surface area contributed by atoms with E-state index in [9.17, 15) is 44.2 Å². The molecule has 23 heteroatoms. The fourth-order valence-electron chi connectivity index (χ4n) is 8.06. The second-order valence-electron chi connectivity index (χ2n) is 16.7. The number of anilines is 3. The molecule has 2 aromatic rings. The molecule has 4 rings (SSSR count). The van der Waals surface area contributed by atoms with E-state index in [1.54, 1.807) is 0 Å². The van der Waals surface area contributed by atoms with E-state index in [1.807, 2.05) is 37.2 Å². The molecule has 0 amide bonds. The quantitative estimate of drug-likeness (QED) is 0.0166. The first-order chi connectivity index (χ1) is 28.5.